The molecule has 2 rings (SSSR count). The van der Waals surface area contributed by atoms with Crippen molar-refractivity contribution in [2.75, 3.05) is 27.2 Å². The fourth-order valence-corrected chi connectivity index (χ4v) is 2.08. The maximum absolute atomic E-state index is 13.4. The van der Waals surface area contributed by atoms with Crippen LogP contribution in [0.5, 0.6) is 0 Å². The summed E-state index contributed by atoms with van der Waals surface area (Å²) in [6, 6.07) is 6.69. The highest BCUT2D eigenvalue weighted by Crippen LogP contribution is 2.19. The van der Waals surface area contributed by atoms with E-state index in [9.17, 15) is 13.6 Å². The minimum atomic E-state index is -1.02. The number of likely N-dealkylation sites (N-methyl/N-ethyl adjacent to an activating group) is 1. The second-order valence-corrected chi connectivity index (χ2v) is 5.22. The molecule has 0 aliphatic heterocycles. The third kappa shape index (κ3) is 3.73. The summed E-state index contributed by atoms with van der Waals surface area (Å²) in [4.78, 5) is 14.2. The van der Waals surface area contributed by atoms with Gasteiger partial charge in [-0.15, -0.1) is 0 Å². The van der Waals surface area contributed by atoms with Crippen LogP contribution in [0.25, 0.3) is 5.69 Å². The first kappa shape index (κ1) is 16.6. The van der Waals surface area contributed by atoms with Crippen LogP contribution in [0.1, 0.15) is 16.1 Å². The second kappa shape index (κ2) is 7.03. The molecule has 120 valence electrons. The number of carbonyl (C=O) groups excluding carboxylic acids is 1. The number of nitrogens with zero attached hydrogens (tertiary/aromatic N) is 3. The SMILES string of the molecule is CN(C)CCNC(=O)c1c(C#N)ccn1-c1ccc(F)c(F)c1. The maximum Gasteiger partial charge on any atom is 0.269 e. The van der Waals surface area contributed by atoms with Gasteiger partial charge in [0.05, 0.1) is 5.56 Å². The van der Waals surface area contributed by atoms with E-state index in [1.54, 1.807) is 0 Å². The highest BCUT2D eigenvalue weighted by molar-refractivity contribution is 5.95. The lowest BCUT2D eigenvalue weighted by Gasteiger charge is -2.13. The van der Waals surface area contributed by atoms with Crippen LogP contribution < -0.4 is 5.32 Å². The van der Waals surface area contributed by atoms with Crippen LogP contribution >= 0.6 is 0 Å². The Kier molecular flexibility index (Phi) is 5.09. The van der Waals surface area contributed by atoms with Crippen LogP contribution in [0, 0.1) is 23.0 Å². The first-order chi connectivity index (χ1) is 10.9. The lowest BCUT2D eigenvalue weighted by atomic mass is 10.2. The van der Waals surface area contributed by atoms with E-state index < -0.39 is 17.5 Å². The van der Waals surface area contributed by atoms with Gasteiger partial charge in [-0.3, -0.25) is 4.79 Å². The molecular weight excluding hydrogens is 302 g/mol. The average Bonchev–Trinajstić information content (AvgIpc) is 2.93. The van der Waals surface area contributed by atoms with Gasteiger partial charge >= 0.3 is 0 Å². The molecule has 0 fully saturated rings. The van der Waals surface area contributed by atoms with E-state index in [1.807, 2.05) is 25.1 Å². The van der Waals surface area contributed by atoms with Crippen LogP contribution in [0.4, 0.5) is 8.78 Å². The maximum atomic E-state index is 13.4. The summed E-state index contributed by atoms with van der Waals surface area (Å²) >= 11 is 0. The zero-order valence-corrected chi connectivity index (χ0v) is 12.8. The van der Waals surface area contributed by atoms with Gasteiger partial charge in [-0.1, -0.05) is 0 Å². The number of hydrogen-bond donors (Lipinski definition) is 1. The van der Waals surface area contributed by atoms with E-state index in [-0.39, 0.29) is 16.9 Å². The van der Waals surface area contributed by atoms with Crippen LogP contribution in [-0.2, 0) is 0 Å². The molecule has 0 saturated carbocycles. The van der Waals surface area contributed by atoms with E-state index >= 15 is 0 Å². The van der Waals surface area contributed by atoms with E-state index in [1.165, 1.54) is 22.9 Å². The molecule has 0 aliphatic carbocycles. The van der Waals surface area contributed by atoms with E-state index in [2.05, 4.69) is 5.32 Å². The zero-order chi connectivity index (χ0) is 17.0. The lowest BCUT2D eigenvalue weighted by molar-refractivity contribution is 0.0944. The molecule has 1 amide bonds. The number of halogens is 2. The summed E-state index contributed by atoms with van der Waals surface area (Å²) in [5.74, 6) is -2.44. The van der Waals surface area contributed by atoms with Crippen molar-refractivity contribution in [1.29, 1.82) is 5.26 Å². The Balaban J connectivity index is 2.35. The van der Waals surface area contributed by atoms with Gasteiger partial charge in [-0.25, -0.2) is 8.78 Å². The van der Waals surface area contributed by atoms with Crippen molar-refractivity contribution in [3.8, 4) is 11.8 Å². The summed E-state index contributed by atoms with van der Waals surface area (Å²) in [5, 5.41) is 11.9. The summed E-state index contributed by atoms with van der Waals surface area (Å²) in [5.41, 5.74) is 0.525. The van der Waals surface area contributed by atoms with Crippen molar-refractivity contribution >= 4 is 5.91 Å². The molecule has 1 aromatic heterocycles. The Bertz CT molecular complexity index is 762. The Labute approximate surface area is 132 Å². The molecule has 0 bridgehead atoms. The number of nitrogens with one attached hydrogen (secondary N) is 1. The fourth-order valence-electron chi connectivity index (χ4n) is 2.08. The number of carbonyl (C=O) groups is 1. The molecule has 0 aliphatic rings. The summed E-state index contributed by atoms with van der Waals surface area (Å²) < 4.78 is 27.9. The molecule has 0 spiro atoms. The fraction of sp³-hybridized carbons (Fsp3) is 0.250. The topological polar surface area (TPSA) is 61.1 Å². The summed E-state index contributed by atoms with van der Waals surface area (Å²) in [7, 11) is 3.74. The number of nitriles is 1. The highest BCUT2D eigenvalue weighted by atomic mass is 19.2. The third-order valence-electron chi connectivity index (χ3n) is 3.25. The molecule has 0 atom stereocenters. The largest absolute Gasteiger partial charge is 0.349 e. The average molecular weight is 318 g/mol. The molecule has 0 unspecified atom stereocenters. The Morgan fingerprint density at radius 1 is 1.30 bits per heavy atom. The van der Waals surface area contributed by atoms with Crippen molar-refractivity contribution in [2.45, 2.75) is 0 Å². The third-order valence-corrected chi connectivity index (χ3v) is 3.25. The number of amides is 1. The molecular formula is C16H16F2N4O. The van der Waals surface area contributed by atoms with Crippen molar-refractivity contribution in [2.24, 2.45) is 0 Å². The monoisotopic (exact) mass is 318 g/mol. The van der Waals surface area contributed by atoms with Crippen molar-refractivity contribution in [3.63, 3.8) is 0 Å². The Morgan fingerprint density at radius 3 is 2.65 bits per heavy atom. The van der Waals surface area contributed by atoms with Gasteiger partial charge < -0.3 is 14.8 Å². The molecule has 0 radical (unpaired) electrons. The van der Waals surface area contributed by atoms with Gasteiger partial charge in [-0.2, -0.15) is 5.26 Å². The second-order valence-electron chi connectivity index (χ2n) is 5.22. The minimum Gasteiger partial charge on any atom is -0.349 e. The van der Waals surface area contributed by atoms with Crippen LogP contribution in [0.2, 0.25) is 0 Å². The van der Waals surface area contributed by atoms with Gasteiger partial charge in [-0.05, 0) is 32.3 Å². The molecule has 0 saturated heterocycles. The molecule has 1 aromatic carbocycles. The predicted molar refractivity (Wildman–Crippen MR) is 81.3 cm³/mol. The van der Waals surface area contributed by atoms with Crippen molar-refractivity contribution < 1.29 is 13.6 Å². The van der Waals surface area contributed by atoms with Crippen molar-refractivity contribution in [1.82, 2.24) is 14.8 Å². The normalized spacial score (nSPS) is 10.6. The number of aromatic nitrogens is 1. The molecule has 5 nitrogen and oxygen atoms in total. The standard InChI is InChI=1S/C16H16F2N4O/c1-21(2)8-6-20-16(23)15-11(10-19)5-7-22(15)12-3-4-13(17)14(18)9-12/h3-5,7,9H,6,8H2,1-2H3,(H,20,23). The van der Waals surface area contributed by atoms with E-state index in [4.69, 9.17) is 5.26 Å². The lowest BCUT2D eigenvalue weighted by Crippen LogP contribution is -2.32. The molecule has 1 N–H and O–H groups in total. The van der Waals surface area contributed by atoms with E-state index in [0.717, 1.165) is 12.1 Å². The van der Waals surface area contributed by atoms with Crippen molar-refractivity contribution in [3.05, 3.63) is 53.4 Å². The Hall–Kier alpha value is -2.72. The number of benzene rings is 1. The van der Waals surface area contributed by atoms with Gasteiger partial charge in [0.1, 0.15) is 11.8 Å². The molecule has 7 heteroatoms. The predicted octanol–water partition coefficient (Wildman–Crippen LogP) is 1.92. The van der Waals surface area contributed by atoms with Gasteiger partial charge in [0, 0.05) is 31.0 Å². The first-order valence-corrected chi connectivity index (χ1v) is 6.94. The summed E-state index contributed by atoms with van der Waals surface area (Å²) in [6.45, 7) is 1.04. The molecule has 2 aromatic rings. The van der Waals surface area contributed by atoms with Gasteiger partial charge in [0.25, 0.3) is 5.91 Å². The first-order valence-electron chi connectivity index (χ1n) is 6.94. The highest BCUT2D eigenvalue weighted by Gasteiger charge is 2.18. The molecule has 23 heavy (non-hydrogen) atoms. The summed E-state index contributed by atoms with van der Waals surface area (Å²) in [6.07, 6.45) is 1.48. The van der Waals surface area contributed by atoms with Crippen LogP contribution in [0.3, 0.4) is 0 Å². The number of hydrogen-bond acceptors (Lipinski definition) is 3. The number of rotatable bonds is 5. The zero-order valence-electron chi connectivity index (χ0n) is 12.8. The van der Waals surface area contributed by atoms with E-state index in [0.29, 0.717) is 13.1 Å². The minimum absolute atomic E-state index is 0.0947. The van der Waals surface area contributed by atoms with Gasteiger partial charge in [0.15, 0.2) is 11.6 Å². The van der Waals surface area contributed by atoms with Crippen LogP contribution in [0.15, 0.2) is 30.5 Å². The Morgan fingerprint density at radius 2 is 2.04 bits per heavy atom. The molecule has 1 heterocycles. The quantitative estimate of drug-likeness (QED) is 0.916. The van der Waals surface area contributed by atoms with Gasteiger partial charge in [0.2, 0.25) is 0 Å². The smallest absolute Gasteiger partial charge is 0.269 e. The van der Waals surface area contributed by atoms with Crippen LogP contribution in [-0.4, -0.2) is 42.6 Å².